The molecule has 0 bridgehead atoms. The Morgan fingerprint density at radius 2 is 1.88 bits per heavy atom. The number of aromatic nitrogens is 3. The van der Waals surface area contributed by atoms with Gasteiger partial charge in [0.15, 0.2) is 5.65 Å². The Bertz CT molecular complexity index is 923. The van der Waals surface area contributed by atoms with Gasteiger partial charge in [-0.2, -0.15) is 5.10 Å². The molecule has 1 saturated heterocycles. The van der Waals surface area contributed by atoms with Crippen LogP contribution in [0.15, 0.2) is 42.6 Å². The fraction of sp³-hybridized carbons (Fsp3) is 0.350. The number of nitrogens with zero attached hydrogens (tertiary/aromatic N) is 4. The lowest BCUT2D eigenvalue weighted by Gasteiger charge is -2.32. The van der Waals surface area contributed by atoms with E-state index in [1.54, 1.807) is 22.8 Å². The molecule has 2 aromatic heterocycles. The second-order valence-corrected chi connectivity index (χ2v) is 7.05. The first kappa shape index (κ1) is 16.6. The Labute approximate surface area is 152 Å². The van der Waals surface area contributed by atoms with Crippen LogP contribution in [0.25, 0.3) is 5.65 Å². The maximum atomic E-state index is 12.5. The van der Waals surface area contributed by atoms with Gasteiger partial charge < -0.3 is 10.2 Å². The first-order chi connectivity index (χ1) is 12.6. The molecule has 134 valence electrons. The summed E-state index contributed by atoms with van der Waals surface area (Å²) >= 11 is 0. The predicted molar refractivity (Wildman–Crippen MR) is 103 cm³/mol. The van der Waals surface area contributed by atoms with E-state index in [1.807, 2.05) is 19.1 Å². The Balaban J connectivity index is 1.47. The van der Waals surface area contributed by atoms with Gasteiger partial charge in [-0.05, 0) is 56.0 Å². The van der Waals surface area contributed by atoms with E-state index >= 15 is 0 Å². The average Bonchev–Trinajstić information content (AvgIpc) is 3.12. The van der Waals surface area contributed by atoms with Crippen molar-refractivity contribution in [3.8, 4) is 0 Å². The predicted octanol–water partition coefficient (Wildman–Crippen LogP) is 3.53. The minimum absolute atomic E-state index is 0.212. The zero-order valence-electron chi connectivity index (χ0n) is 15.1. The molecule has 1 fully saturated rings. The minimum Gasteiger partial charge on any atom is -0.372 e. The monoisotopic (exact) mass is 349 g/mol. The molecule has 1 aliphatic rings. The highest BCUT2D eigenvalue weighted by molar-refractivity contribution is 6.03. The highest BCUT2D eigenvalue weighted by Gasteiger charge is 2.16. The quantitative estimate of drug-likeness (QED) is 0.786. The first-order valence-electron chi connectivity index (χ1n) is 9.08. The summed E-state index contributed by atoms with van der Waals surface area (Å²) in [5.74, 6) is 0.602. The zero-order chi connectivity index (χ0) is 18.1. The molecule has 0 atom stereocenters. The number of hydrogen-bond donors (Lipinski definition) is 1. The molecule has 0 spiro atoms. The third-order valence-electron chi connectivity index (χ3n) is 5.04. The van der Waals surface area contributed by atoms with Crippen LogP contribution in [0.1, 0.15) is 35.9 Å². The van der Waals surface area contributed by atoms with Crippen molar-refractivity contribution < 1.29 is 4.79 Å². The molecule has 3 heterocycles. The number of benzene rings is 1. The molecule has 0 radical (unpaired) electrons. The molecule has 0 saturated carbocycles. The van der Waals surface area contributed by atoms with Crippen LogP contribution < -0.4 is 10.2 Å². The summed E-state index contributed by atoms with van der Waals surface area (Å²) in [5.41, 5.74) is 3.93. The van der Waals surface area contributed by atoms with Crippen LogP contribution in [0.3, 0.4) is 0 Å². The topological polar surface area (TPSA) is 62.5 Å². The SMILES string of the molecule is Cc1cc(C(=O)Nc2ccc(N3CCC(C)CC3)cc2)nc2ccnn12. The zero-order valence-corrected chi connectivity index (χ0v) is 15.1. The average molecular weight is 349 g/mol. The summed E-state index contributed by atoms with van der Waals surface area (Å²) in [5, 5.41) is 7.11. The van der Waals surface area contributed by atoms with Gasteiger partial charge in [-0.3, -0.25) is 4.79 Å². The van der Waals surface area contributed by atoms with E-state index in [0.29, 0.717) is 11.3 Å². The molecule has 0 aliphatic carbocycles. The minimum atomic E-state index is -0.212. The van der Waals surface area contributed by atoms with E-state index in [0.717, 1.165) is 30.4 Å². The molecule has 6 heteroatoms. The number of carbonyl (C=O) groups excluding carboxylic acids is 1. The molecular weight excluding hydrogens is 326 g/mol. The van der Waals surface area contributed by atoms with Gasteiger partial charge in [0.1, 0.15) is 5.69 Å². The van der Waals surface area contributed by atoms with Crippen LogP contribution in [-0.2, 0) is 0 Å². The number of amides is 1. The van der Waals surface area contributed by atoms with Crippen LogP contribution in [-0.4, -0.2) is 33.6 Å². The van der Waals surface area contributed by atoms with E-state index in [4.69, 9.17) is 0 Å². The second-order valence-electron chi connectivity index (χ2n) is 7.05. The largest absolute Gasteiger partial charge is 0.372 e. The summed E-state index contributed by atoms with van der Waals surface area (Å²) in [6.07, 6.45) is 4.15. The molecule has 1 aromatic carbocycles. The van der Waals surface area contributed by atoms with Crippen molar-refractivity contribution in [1.29, 1.82) is 0 Å². The van der Waals surface area contributed by atoms with Crippen molar-refractivity contribution in [2.75, 3.05) is 23.3 Å². The number of fused-ring (bicyclic) bond motifs is 1. The maximum absolute atomic E-state index is 12.5. The number of aryl methyl sites for hydroxylation is 1. The van der Waals surface area contributed by atoms with E-state index in [2.05, 4.69) is 39.4 Å². The third-order valence-corrected chi connectivity index (χ3v) is 5.04. The molecule has 3 aromatic rings. The van der Waals surface area contributed by atoms with Gasteiger partial charge in [-0.25, -0.2) is 9.50 Å². The standard InChI is InChI=1S/C20H23N5O/c1-14-8-11-24(12-9-14)17-5-3-16(4-6-17)22-20(26)18-13-15(2)25-19(23-18)7-10-21-25/h3-7,10,13-14H,8-9,11-12H2,1-2H3,(H,22,26). The summed E-state index contributed by atoms with van der Waals surface area (Å²) in [6.45, 7) is 6.42. The Hall–Kier alpha value is -2.89. The van der Waals surface area contributed by atoms with Gasteiger partial charge >= 0.3 is 0 Å². The maximum Gasteiger partial charge on any atom is 0.274 e. The molecule has 6 nitrogen and oxygen atoms in total. The van der Waals surface area contributed by atoms with Crippen LogP contribution in [0, 0.1) is 12.8 Å². The van der Waals surface area contributed by atoms with Gasteiger partial charge in [-0.15, -0.1) is 0 Å². The molecule has 1 aliphatic heterocycles. The summed E-state index contributed by atoms with van der Waals surface area (Å²) in [6, 6.07) is 11.6. The van der Waals surface area contributed by atoms with Crippen LogP contribution in [0.2, 0.25) is 0 Å². The number of carbonyl (C=O) groups is 1. The number of anilines is 2. The normalized spacial score (nSPS) is 15.4. The lowest BCUT2D eigenvalue weighted by Crippen LogP contribution is -2.32. The first-order valence-corrected chi connectivity index (χ1v) is 9.08. The Kier molecular flexibility index (Phi) is 4.32. The van der Waals surface area contributed by atoms with E-state index in [1.165, 1.54) is 18.5 Å². The molecule has 4 rings (SSSR count). The lowest BCUT2D eigenvalue weighted by molar-refractivity contribution is 0.102. The fourth-order valence-corrected chi connectivity index (χ4v) is 3.40. The van der Waals surface area contributed by atoms with E-state index < -0.39 is 0 Å². The highest BCUT2D eigenvalue weighted by atomic mass is 16.1. The molecule has 0 unspecified atom stereocenters. The van der Waals surface area contributed by atoms with Gasteiger partial charge in [0.05, 0.1) is 6.20 Å². The number of piperidine rings is 1. The summed E-state index contributed by atoms with van der Waals surface area (Å²) < 4.78 is 1.71. The highest BCUT2D eigenvalue weighted by Crippen LogP contribution is 2.24. The van der Waals surface area contributed by atoms with Crippen LogP contribution in [0.4, 0.5) is 11.4 Å². The van der Waals surface area contributed by atoms with Crippen molar-refractivity contribution in [2.45, 2.75) is 26.7 Å². The summed E-state index contributed by atoms with van der Waals surface area (Å²) in [7, 11) is 0. The molecule has 26 heavy (non-hydrogen) atoms. The van der Waals surface area contributed by atoms with Crippen molar-refractivity contribution in [3.63, 3.8) is 0 Å². The van der Waals surface area contributed by atoms with Crippen LogP contribution >= 0.6 is 0 Å². The molecule has 1 N–H and O–H groups in total. The number of rotatable bonds is 3. The van der Waals surface area contributed by atoms with Crippen molar-refractivity contribution in [2.24, 2.45) is 5.92 Å². The third kappa shape index (κ3) is 3.27. The van der Waals surface area contributed by atoms with Crippen LogP contribution in [0.5, 0.6) is 0 Å². The number of nitrogens with one attached hydrogen (secondary N) is 1. The van der Waals surface area contributed by atoms with Gasteiger partial charge in [-0.1, -0.05) is 6.92 Å². The molecule has 1 amide bonds. The number of hydrogen-bond acceptors (Lipinski definition) is 4. The van der Waals surface area contributed by atoms with Crippen molar-refractivity contribution in [1.82, 2.24) is 14.6 Å². The van der Waals surface area contributed by atoms with E-state index in [-0.39, 0.29) is 5.91 Å². The fourth-order valence-electron chi connectivity index (χ4n) is 3.40. The van der Waals surface area contributed by atoms with Gasteiger partial charge in [0.25, 0.3) is 5.91 Å². The van der Waals surface area contributed by atoms with Gasteiger partial charge in [0.2, 0.25) is 0 Å². The van der Waals surface area contributed by atoms with E-state index in [9.17, 15) is 4.79 Å². The lowest BCUT2D eigenvalue weighted by atomic mass is 9.99. The van der Waals surface area contributed by atoms with Gasteiger partial charge in [0, 0.05) is 36.2 Å². The van der Waals surface area contributed by atoms with Crippen molar-refractivity contribution >= 4 is 22.9 Å². The smallest absolute Gasteiger partial charge is 0.274 e. The summed E-state index contributed by atoms with van der Waals surface area (Å²) in [4.78, 5) is 19.3. The Morgan fingerprint density at radius 3 is 2.62 bits per heavy atom. The molecular formula is C20H23N5O. The second kappa shape index (κ2) is 6.78. The Morgan fingerprint density at radius 1 is 1.15 bits per heavy atom. The van der Waals surface area contributed by atoms with Crippen molar-refractivity contribution in [3.05, 3.63) is 54.0 Å².